The molecular formula is C17H25NO2. The van der Waals surface area contributed by atoms with Crippen molar-refractivity contribution >= 4 is 5.91 Å². The topological polar surface area (TPSA) is 49.3 Å². The molecule has 1 aromatic carbocycles. The Bertz CT molecular complexity index is 456. The molecule has 0 radical (unpaired) electrons. The first kappa shape index (κ1) is 15.0. The highest BCUT2D eigenvalue weighted by atomic mass is 16.3. The summed E-state index contributed by atoms with van der Waals surface area (Å²) in [4.78, 5) is 12.4. The van der Waals surface area contributed by atoms with Crippen LogP contribution in [0, 0.1) is 19.3 Å². The number of aliphatic hydroxyl groups excluding tert-OH is 1. The summed E-state index contributed by atoms with van der Waals surface area (Å²) < 4.78 is 0. The molecule has 0 heterocycles. The van der Waals surface area contributed by atoms with E-state index in [1.165, 1.54) is 6.42 Å². The van der Waals surface area contributed by atoms with Crippen molar-refractivity contribution in [3.8, 4) is 0 Å². The lowest BCUT2D eigenvalue weighted by Crippen LogP contribution is -2.41. The van der Waals surface area contributed by atoms with Gasteiger partial charge in [0.2, 0.25) is 0 Å². The second kappa shape index (κ2) is 6.40. The van der Waals surface area contributed by atoms with Crippen LogP contribution in [0.4, 0.5) is 0 Å². The summed E-state index contributed by atoms with van der Waals surface area (Å²) in [5.41, 5.74) is 2.68. The zero-order chi connectivity index (χ0) is 14.6. The predicted molar refractivity (Wildman–Crippen MR) is 80.9 cm³/mol. The van der Waals surface area contributed by atoms with Gasteiger partial charge in [-0.2, -0.15) is 0 Å². The SMILES string of the molecule is Cc1cccc(C)c1C(=O)NCC1(CO)CCCCC1. The summed E-state index contributed by atoms with van der Waals surface area (Å²) in [6.45, 7) is 4.67. The van der Waals surface area contributed by atoms with Gasteiger partial charge in [0.05, 0.1) is 6.61 Å². The minimum Gasteiger partial charge on any atom is -0.396 e. The summed E-state index contributed by atoms with van der Waals surface area (Å²) >= 11 is 0. The number of aryl methyl sites for hydroxylation is 2. The van der Waals surface area contributed by atoms with E-state index in [0.717, 1.165) is 42.4 Å². The summed E-state index contributed by atoms with van der Waals surface area (Å²) in [5.74, 6) is -0.0148. The Morgan fingerprint density at radius 2 is 1.80 bits per heavy atom. The van der Waals surface area contributed by atoms with Crippen LogP contribution in [0.25, 0.3) is 0 Å². The molecular weight excluding hydrogens is 250 g/mol. The third-order valence-corrected chi connectivity index (χ3v) is 4.58. The van der Waals surface area contributed by atoms with Gasteiger partial charge in [0.25, 0.3) is 5.91 Å². The molecule has 1 aromatic rings. The molecule has 3 heteroatoms. The molecule has 3 nitrogen and oxygen atoms in total. The van der Waals surface area contributed by atoms with Gasteiger partial charge in [-0.25, -0.2) is 0 Å². The molecule has 110 valence electrons. The van der Waals surface area contributed by atoms with E-state index in [2.05, 4.69) is 5.32 Å². The molecule has 0 bridgehead atoms. The van der Waals surface area contributed by atoms with Crippen LogP contribution in [-0.2, 0) is 0 Å². The molecule has 0 aromatic heterocycles. The molecule has 0 aliphatic heterocycles. The Kier molecular flexibility index (Phi) is 4.81. The zero-order valence-corrected chi connectivity index (χ0v) is 12.5. The van der Waals surface area contributed by atoms with E-state index in [1.54, 1.807) is 0 Å². The van der Waals surface area contributed by atoms with Crippen LogP contribution in [0.1, 0.15) is 53.6 Å². The Morgan fingerprint density at radius 3 is 2.35 bits per heavy atom. The Labute approximate surface area is 121 Å². The van der Waals surface area contributed by atoms with E-state index < -0.39 is 0 Å². The smallest absolute Gasteiger partial charge is 0.251 e. The quantitative estimate of drug-likeness (QED) is 0.887. The monoisotopic (exact) mass is 275 g/mol. The van der Waals surface area contributed by atoms with Crippen LogP contribution in [0.5, 0.6) is 0 Å². The first-order valence-electron chi connectivity index (χ1n) is 7.53. The maximum Gasteiger partial charge on any atom is 0.251 e. The molecule has 1 saturated carbocycles. The second-order valence-corrected chi connectivity index (χ2v) is 6.17. The van der Waals surface area contributed by atoms with Gasteiger partial charge in [-0.3, -0.25) is 4.79 Å². The molecule has 1 aliphatic rings. The van der Waals surface area contributed by atoms with E-state index in [0.29, 0.717) is 6.54 Å². The molecule has 20 heavy (non-hydrogen) atoms. The fourth-order valence-corrected chi connectivity index (χ4v) is 3.22. The number of carbonyl (C=O) groups is 1. The molecule has 2 N–H and O–H groups in total. The van der Waals surface area contributed by atoms with Gasteiger partial charge in [0.15, 0.2) is 0 Å². The average molecular weight is 275 g/mol. The summed E-state index contributed by atoms with van der Waals surface area (Å²) in [6.07, 6.45) is 5.57. The third kappa shape index (κ3) is 3.21. The Morgan fingerprint density at radius 1 is 1.20 bits per heavy atom. The van der Waals surface area contributed by atoms with Crippen LogP contribution < -0.4 is 5.32 Å². The predicted octanol–water partition coefficient (Wildman–Crippen LogP) is 2.98. The molecule has 1 fully saturated rings. The molecule has 1 amide bonds. The van der Waals surface area contributed by atoms with Crippen molar-refractivity contribution in [3.05, 3.63) is 34.9 Å². The lowest BCUT2D eigenvalue weighted by molar-refractivity contribution is 0.0717. The molecule has 0 unspecified atom stereocenters. The summed E-state index contributed by atoms with van der Waals surface area (Å²) in [6, 6.07) is 5.90. The average Bonchev–Trinajstić information content (AvgIpc) is 2.46. The maximum absolute atomic E-state index is 12.4. The van der Waals surface area contributed by atoms with Crippen molar-refractivity contribution in [2.75, 3.05) is 13.2 Å². The van der Waals surface area contributed by atoms with Crippen molar-refractivity contribution in [2.24, 2.45) is 5.41 Å². The fraction of sp³-hybridized carbons (Fsp3) is 0.588. The lowest BCUT2D eigenvalue weighted by Gasteiger charge is -2.35. The number of benzene rings is 1. The van der Waals surface area contributed by atoms with E-state index in [4.69, 9.17) is 0 Å². The summed E-state index contributed by atoms with van der Waals surface area (Å²) in [5, 5.41) is 12.7. The number of carbonyl (C=O) groups excluding carboxylic acids is 1. The van der Waals surface area contributed by atoms with Gasteiger partial charge in [0, 0.05) is 17.5 Å². The van der Waals surface area contributed by atoms with Gasteiger partial charge in [0.1, 0.15) is 0 Å². The number of hydrogen-bond donors (Lipinski definition) is 2. The Hall–Kier alpha value is -1.35. The van der Waals surface area contributed by atoms with E-state index in [-0.39, 0.29) is 17.9 Å². The maximum atomic E-state index is 12.4. The first-order valence-corrected chi connectivity index (χ1v) is 7.53. The van der Waals surface area contributed by atoms with Crippen LogP contribution in [-0.4, -0.2) is 24.2 Å². The van der Waals surface area contributed by atoms with Gasteiger partial charge >= 0.3 is 0 Å². The van der Waals surface area contributed by atoms with Crippen molar-refractivity contribution in [1.29, 1.82) is 0 Å². The zero-order valence-electron chi connectivity index (χ0n) is 12.5. The van der Waals surface area contributed by atoms with Crippen molar-refractivity contribution in [3.63, 3.8) is 0 Å². The highest BCUT2D eigenvalue weighted by Crippen LogP contribution is 2.35. The molecule has 0 saturated heterocycles. The van der Waals surface area contributed by atoms with Crippen LogP contribution in [0.15, 0.2) is 18.2 Å². The van der Waals surface area contributed by atoms with Crippen LogP contribution in [0.3, 0.4) is 0 Å². The van der Waals surface area contributed by atoms with Gasteiger partial charge < -0.3 is 10.4 Å². The number of nitrogens with one attached hydrogen (secondary N) is 1. The number of rotatable bonds is 4. The van der Waals surface area contributed by atoms with E-state index in [9.17, 15) is 9.90 Å². The first-order chi connectivity index (χ1) is 9.58. The van der Waals surface area contributed by atoms with E-state index >= 15 is 0 Å². The normalized spacial score (nSPS) is 17.8. The molecule has 0 spiro atoms. The fourth-order valence-electron chi connectivity index (χ4n) is 3.22. The largest absolute Gasteiger partial charge is 0.396 e. The van der Waals surface area contributed by atoms with Gasteiger partial charge in [-0.15, -0.1) is 0 Å². The van der Waals surface area contributed by atoms with Crippen LogP contribution >= 0.6 is 0 Å². The number of aliphatic hydroxyl groups is 1. The van der Waals surface area contributed by atoms with Crippen molar-refractivity contribution < 1.29 is 9.90 Å². The second-order valence-electron chi connectivity index (χ2n) is 6.17. The van der Waals surface area contributed by atoms with Crippen molar-refractivity contribution in [1.82, 2.24) is 5.32 Å². The van der Waals surface area contributed by atoms with Crippen molar-refractivity contribution in [2.45, 2.75) is 46.0 Å². The highest BCUT2D eigenvalue weighted by molar-refractivity contribution is 5.97. The minimum atomic E-state index is -0.107. The minimum absolute atomic E-state index is 0.0148. The van der Waals surface area contributed by atoms with E-state index in [1.807, 2.05) is 32.0 Å². The van der Waals surface area contributed by atoms with Crippen LogP contribution in [0.2, 0.25) is 0 Å². The lowest BCUT2D eigenvalue weighted by atomic mass is 9.74. The molecule has 1 aliphatic carbocycles. The third-order valence-electron chi connectivity index (χ3n) is 4.58. The van der Waals surface area contributed by atoms with Gasteiger partial charge in [-0.05, 0) is 37.8 Å². The van der Waals surface area contributed by atoms with Gasteiger partial charge in [-0.1, -0.05) is 37.5 Å². The number of amides is 1. The summed E-state index contributed by atoms with van der Waals surface area (Å²) in [7, 11) is 0. The molecule has 0 atom stereocenters. The standard InChI is InChI=1S/C17H25NO2/c1-13-7-6-8-14(2)15(13)16(20)18-11-17(12-19)9-4-3-5-10-17/h6-8,19H,3-5,9-12H2,1-2H3,(H,18,20). The Balaban J connectivity index is 2.04. The molecule has 2 rings (SSSR count). The number of hydrogen-bond acceptors (Lipinski definition) is 2. The highest BCUT2D eigenvalue weighted by Gasteiger charge is 2.31.